The molecule has 1 amide bonds. The first-order valence-corrected chi connectivity index (χ1v) is 8.78. The van der Waals surface area contributed by atoms with Crippen LogP contribution in [-0.4, -0.2) is 21.9 Å². The molecule has 2 aromatic rings. The number of nitrogens with zero attached hydrogens (tertiary/aromatic N) is 2. The van der Waals surface area contributed by atoms with Crippen LogP contribution in [0.25, 0.3) is 0 Å². The third-order valence-electron chi connectivity index (χ3n) is 2.80. The number of anilines is 1. The second kappa shape index (κ2) is 7.56. The lowest BCUT2D eigenvalue weighted by molar-refractivity contribution is -0.113. The van der Waals surface area contributed by atoms with E-state index in [2.05, 4.69) is 60.6 Å². The smallest absolute Gasteiger partial charge is 0.236 e. The minimum Gasteiger partial charge on any atom is -0.300 e. The minimum atomic E-state index is -0.0291. The summed E-state index contributed by atoms with van der Waals surface area (Å²) in [5.74, 6) is 1.56. The first-order valence-electron chi connectivity index (χ1n) is 6.81. The Balaban J connectivity index is 1.75. The Morgan fingerprint density at radius 3 is 2.62 bits per heavy atom. The van der Waals surface area contributed by atoms with E-state index in [1.54, 1.807) is 11.8 Å². The summed E-state index contributed by atoms with van der Waals surface area (Å²) in [5, 5.41) is 12.4. The summed E-state index contributed by atoms with van der Waals surface area (Å²) in [6.45, 7) is 6.19. The highest BCUT2D eigenvalue weighted by molar-refractivity contribution is 7.99. The number of benzene rings is 1. The van der Waals surface area contributed by atoms with Crippen LogP contribution in [0.3, 0.4) is 0 Å². The lowest BCUT2D eigenvalue weighted by Gasteiger charge is -2.03. The molecule has 0 radical (unpaired) electrons. The Morgan fingerprint density at radius 2 is 2.00 bits per heavy atom. The number of rotatable bonds is 6. The normalized spacial score (nSPS) is 10.9. The van der Waals surface area contributed by atoms with E-state index >= 15 is 0 Å². The van der Waals surface area contributed by atoms with E-state index in [1.807, 2.05) is 0 Å². The van der Waals surface area contributed by atoms with Gasteiger partial charge in [0, 0.05) is 11.7 Å². The summed E-state index contributed by atoms with van der Waals surface area (Å²) >= 11 is 3.03. The second-order valence-electron chi connectivity index (χ2n) is 5.13. The molecule has 4 nitrogen and oxygen atoms in total. The van der Waals surface area contributed by atoms with Gasteiger partial charge in [-0.3, -0.25) is 10.1 Å². The lowest BCUT2D eigenvalue weighted by Crippen LogP contribution is -2.13. The van der Waals surface area contributed by atoms with Crippen molar-refractivity contribution in [2.75, 3.05) is 11.1 Å². The Hall–Kier alpha value is -1.40. The molecule has 0 atom stereocenters. The number of carbonyl (C=O) groups excluding carboxylic acids is 1. The van der Waals surface area contributed by atoms with Crippen molar-refractivity contribution in [2.45, 2.75) is 32.4 Å². The fourth-order valence-corrected chi connectivity index (χ4v) is 3.17. The van der Waals surface area contributed by atoms with Crippen LogP contribution in [0.1, 0.15) is 35.9 Å². The Kier molecular flexibility index (Phi) is 5.76. The number of aryl methyl sites for hydroxylation is 1. The Labute approximate surface area is 133 Å². The van der Waals surface area contributed by atoms with Gasteiger partial charge in [-0.1, -0.05) is 55.0 Å². The van der Waals surface area contributed by atoms with Crippen LogP contribution in [0, 0.1) is 6.92 Å². The van der Waals surface area contributed by atoms with Crippen LogP contribution < -0.4 is 5.32 Å². The zero-order valence-corrected chi connectivity index (χ0v) is 14.1. The average molecular weight is 321 g/mol. The third kappa shape index (κ3) is 5.13. The molecule has 1 N–H and O–H groups in total. The number of hydrogen-bond acceptors (Lipinski definition) is 5. The van der Waals surface area contributed by atoms with E-state index in [4.69, 9.17) is 0 Å². The number of hydrogen-bond donors (Lipinski definition) is 1. The van der Waals surface area contributed by atoms with Gasteiger partial charge < -0.3 is 0 Å². The Morgan fingerprint density at radius 1 is 1.29 bits per heavy atom. The second-order valence-corrected chi connectivity index (χ2v) is 7.12. The van der Waals surface area contributed by atoms with Gasteiger partial charge in [0.15, 0.2) is 0 Å². The van der Waals surface area contributed by atoms with Crippen molar-refractivity contribution in [3.05, 3.63) is 40.4 Å². The van der Waals surface area contributed by atoms with Crippen molar-refractivity contribution in [3.63, 3.8) is 0 Å². The van der Waals surface area contributed by atoms with Gasteiger partial charge in [0.25, 0.3) is 0 Å². The molecule has 0 spiro atoms. The third-order valence-corrected chi connectivity index (χ3v) is 4.95. The van der Waals surface area contributed by atoms with Crippen LogP contribution in [-0.2, 0) is 10.5 Å². The number of thioether (sulfide) groups is 1. The number of amides is 1. The number of carbonyl (C=O) groups is 1. The molecule has 21 heavy (non-hydrogen) atoms. The van der Waals surface area contributed by atoms with Gasteiger partial charge in [-0.25, -0.2) is 0 Å². The predicted octanol–water partition coefficient (Wildman–Crippen LogP) is 3.84. The molecule has 6 heteroatoms. The van der Waals surface area contributed by atoms with E-state index in [-0.39, 0.29) is 5.91 Å². The molecule has 0 aliphatic rings. The monoisotopic (exact) mass is 321 g/mol. The molecule has 0 bridgehead atoms. The average Bonchev–Trinajstić information content (AvgIpc) is 2.90. The molecule has 112 valence electrons. The highest BCUT2D eigenvalue weighted by Gasteiger charge is 2.10. The highest BCUT2D eigenvalue weighted by Crippen LogP contribution is 2.22. The maximum Gasteiger partial charge on any atom is 0.236 e. The van der Waals surface area contributed by atoms with Crippen molar-refractivity contribution >= 4 is 34.1 Å². The molecule has 0 saturated carbocycles. The van der Waals surface area contributed by atoms with Gasteiger partial charge >= 0.3 is 0 Å². The van der Waals surface area contributed by atoms with Gasteiger partial charge in [-0.2, -0.15) is 0 Å². The van der Waals surface area contributed by atoms with E-state index in [1.165, 1.54) is 22.5 Å². The lowest BCUT2D eigenvalue weighted by atomic mass is 10.2. The van der Waals surface area contributed by atoms with Gasteiger partial charge in [0.2, 0.25) is 11.0 Å². The van der Waals surface area contributed by atoms with Crippen LogP contribution >= 0.6 is 23.1 Å². The van der Waals surface area contributed by atoms with Crippen molar-refractivity contribution in [1.29, 1.82) is 0 Å². The predicted molar refractivity (Wildman–Crippen MR) is 90.0 cm³/mol. The van der Waals surface area contributed by atoms with Crippen LogP contribution in [0.4, 0.5) is 5.13 Å². The summed E-state index contributed by atoms with van der Waals surface area (Å²) in [4.78, 5) is 11.8. The zero-order valence-electron chi connectivity index (χ0n) is 12.4. The Bertz CT molecular complexity index is 593. The number of aromatic nitrogens is 2. The van der Waals surface area contributed by atoms with E-state index in [0.29, 0.717) is 16.8 Å². The van der Waals surface area contributed by atoms with Gasteiger partial charge in [-0.05, 0) is 12.5 Å². The molecule has 0 aliphatic heterocycles. The van der Waals surface area contributed by atoms with Crippen LogP contribution in [0.5, 0.6) is 0 Å². The summed E-state index contributed by atoms with van der Waals surface area (Å²) < 4.78 is 0. The summed E-state index contributed by atoms with van der Waals surface area (Å²) in [5.41, 5.74) is 2.48. The molecule has 0 aliphatic carbocycles. The maximum absolute atomic E-state index is 11.8. The van der Waals surface area contributed by atoms with Crippen LogP contribution in [0.15, 0.2) is 24.3 Å². The summed E-state index contributed by atoms with van der Waals surface area (Å²) in [6.07, 6.45) is 0. The first kappa shape index (κ1) is 16.0. The topological polar surface area (TPSA) is 54.9 Å². The maximum atomic E-state index is 11.8. The fraction of sp³-hybridized carbons (Fsp3) is 0.400. The molecule has 0 fully saturated rings. The molecule has 1 heterocycles. The van der Waals surface area contributed by atoms with E-state index in [0.717, 1.165) is 10.8 Å². The fourth-order valence-electron chi connectivity index (χ4n) is 1.62. The molecule has 0 unspecified atom stereocenters. The minimum absolute atomic E-state index is 0.0291. The standard InChI is InChI=1S/C15H19N3OS2/c1-10(2)14-17-18-15(21-14)16-13(19)9-20-8-12-6-4-11(3)5-7-12/h4-7,10H,8-9H2,1-3H3,(H,16,18,19). The summed E-state index contributed by atoms with van der Waals surface area (Å²) in [6, 6.07) is 8.37. The molecule has 2 rings (SSSR count). The van der Waals surface area contributed by atoms with Gasteiger partial charge in [0.1, 0.15) is 5.01 Å². The molecular formula is C15H19N3OS2. The molecular weight excluding hydrogens is 302 g/mol. The first-order chi connectivity index (χ1) is 10.0. The zero-order chi connectivity index (χ0) is 15.2. The summed E-state index contributed by atoms with van der Waals surface area (Å²) in [7, 11) is 0. The molecule has 1 aromatic carbocycles. The van der Waals surface area contributed by atoms with Crippen molar-refractivity contribution in [3.8, 4) is 0 Å². The molecule has 0 saturated heterocycles. The van der Waals surface area contributed by atoms with E-state index in [9.17, 15) is 4.79 Å². The molecule has 1 aromatic heterocycles. The van der Waals surface area contributed by atoms with E-state index < -0.39 is 0 Å². The van der Waals surface area contributed by atoms with Crippen molar-refractivity contribution in [1.82, 2.24) is 10.2 Å². The quantitative estimate of drug-likeness (QED) is 0.878. The van der Waals surface area contributed by atoms with Gasteiger partial charge in [-0.15, -0.1) is 22.0 Å². The SMILES string of the molecule is Cc1ccc(CSCC(=O)Nc2nnc(C(C)C)s2)cc1. The number of nitrogens with one attached hydrogen (secondary N) is 1. The van der Waals surface area contributed by atoms with Crippen molar-refractivity contribution in [2.24, 2.45) is 0 Å². The highest BCUT2D eigenvalue weighted by atomic mass is 32.2. The largest absolute Gasteiger partial charge is 0.300 e. The van der Waals surface area contributed by atoms with Crippen molar-refractivity contribution < 1.29 is 4.79 Å². The van der Waals surface area contributed by atoms with Crippen LogP contribution in [0.2, 0.25) is 0 Å². The van der Waals surface area contributed by atoms with Gasteiger partial charge in [0.05, 0.1) is 5.75 Å².